The highest BCUT2D eigenvalue weighted by atomic mass is 16.5. The van der Waals surface area contributed by atoms with Crippen molar-refractivity contribution in [2.75, 3.05) is 71.2 Å². The number of hydrogen-bond donors (Lipinski definition) is 5. The quantitative estimate of drug-likeness (QED) is 0.0843. The molecule has 16 nitrogen and oxygen atoms in total. The fraction of sp³-hybridized carbons (Fsp3) is 0.622. The Morgan fingerprint density at radius 2 is 1.49 bits per heavy atom. The summed E-state index contributed by atoms with van der Waals surface area (Å²) in [4.78, 5) is 58.9. The van der Waals surface area contributed by atoms with Crippen LogP contribution in [0.4, 0.5) is 5.82 Å². The van der Waals surface area contributed by atoms with Crippen LogP contribution in [-0.4, -0.2) is 115 Å². The number of nitrogens with zero attached hydrogens (tertiary/aromatic N) is 3. The number of aromatic nitrogens is 3. The zero-order chi connectivity index (χ0) is 39.0. The number of benzene rings is 1. The zero-order valence-electron chi connectivity index (χ0n) is 32.1. The van der Waals surface area contributed by atoms with Crippen molar-refractivity contribution in [2.45, 2.75) is 73.6 Å². The number of pyridine rings is 1. The van der Waals surface area contributed by atoms with Gasteiger partial charge in [0.05, 0.1) is 56.2 Å². The summed E-state index contributed by atoms with van der Waals surface area (Å²) in [6, 6.07) is 7.46. The molecule has 16 heteroatoms. The largest absolute Gasteiger partial charge is 0.389 e. The number of hydrogen-bond acceptors (Lipinski definition) is 11. The normalized spacial score (nSPS) is 12.5. The predicted octanol–water partition coefficient (Wildman–Crippen LogP) is 2.30. The highest BCUT2D eigenvalue weighted by Gasteiger charge is 2.29. The first-order valence-corrected chi connectivity index (χ1v) is 18.1. The van der Waals surface area contributed by atoms with E-state index in [0.29, 0.717) is 48.5 Å². The van der Waals surface area contributed by atoms with E-state index in [1.807, 2.05) is 63.5 Å². The molecule has 2 heterocycles. The second-order valence-corrected chi connectivity index (χ2v) is 14.1. The van der Waals surface area contributed by atoms with Crippen LogP contribution in [0.5, 0.6) is 0 Å². The molecule has 0 aliphatic heterocycles. The fourth-order valence-electron chi connectivity index (χ4n) is 5.68. The molecule has 1 unspecified atom stereocenters. The molecule has 0 saturated carbocycles. The summed E-state index contributed by atoms with van der Waals surface area (Å²) in [5, 5.41) is 22.5. The van der Waals surface area contributed by atoms with Gasteiger partial charge in [-0.25, -0.2) is 9.97 Å². The first-order valence-electron chi connectivity index (χ1n) is 18.1. The lowest BCUT2D eigenvalue weighted by atomic mass is 9.82. The Labute approximate surface area is 311 Å². The third-order valence-corrected chi connectivity index (χ3v) is 8.02. The van der Waals surface area contributed by atoms with Gasteiger partial charge in [0, 0.05) is 30.5 Å². The van der Waals surface area contributed by atoms with Gasteiger partial charge >= 0.3 is 0 Å². The van der Waals surface area contributed by atoms with E-state index in [-0.39, 0.29) is 82.9 Å². The van der Waals surface area contributed by atoms with Gasteiger partial charge in [-0.2, -0.15) is 0 Å². The Bertz CT molecular complexity index is 1670. The molecule has 0 bridgehead atoms. The Balaban J connectivity index is 1.36. The van der Waals surface area contributed by atoms with E-state index in [9.17, 15) is 24.3 Å². The van der Waals surface area contributed by atoms with E-state index in [1.165, 1.54) is 0 Å². The molecule has 0 aliphatic carbocycles. The monoisotopic (exact) mass is 743 g/mol. The number of carbonyl (C=O) groups excluding carboxylic acids is 4. The maximum atomic E-state index is 12.9. The Kier molecular flexibility index (Phi) is 17.0. The third-order valence-electron chi connectivity index (χ3n) is 8.02. The van der Waals surface area contributed by atoms with E-state index in [2.05, 4.69) is 26.3 Å². The van der Waals surface area contributed by atoms with Crippen molar-refractivity contribution in [3.8, 4) is 0 Å². The Hall–Kier alpha value is -4.22. The molecule has 5 N–H and O–H groups in total. The topological polar surface area (TPSA) is 204 Å². The number of para-hydroxylation sites is 1. The molecule has 1 aromatic carbocycles. The Morgan fingerprint density at radius 1 is 0.849 bits per heavy atom. The molecule has 0 fully saturated rings. The van der Waals surface area contributed by atoms with Crippen molar-refractivity contribution in [1.82, 2.24) is 30.5 Å². The van der Waals surface area contributed by atoms with E-state index < -0.39 is 22.8 Å². The predicted molar refractivity (Wildman–Crippen MR) is 200 cm³/mol. The van der Waals surface area contributed by atoms with Gasteiger partial charge in [0.2, 0.25) is 23.6 Å². The zero-order valence-corrected chi connectivity index (χ0v) is 32.1. The van der Waals surface area contributed by atoms with Crippen molar-refractivity contribution in [3.05, 3.63) is 30.1 Å². The van der Waals surface area contributed by atoms with E-state index in [4.69, 9.17) is 23.9 Å². The summed E-state index contributed by atoms with van der Waals surface area (Å²) < 4.78 is 23.7. The highest BCUT2D eigenvalue weighted by Crippen LogP contribution is 2.31. The average molecular weight is 744 g/mol. The number of rotatable bonds is 24. The second-order valence-electron chi connectivity index (χ2n) is 14.1. The van der Waals surface area contributed by atoms with Gasteiger partial charge in [0.15, 0.2) is 5.82 Å². The number of amides is 4. The number of ether oxygens (including phenoxy) is 4. The SMILES string of the molecule is CCNC(=O)C(C)(C)CC(C)CNC(=O)COCCOCCOCC(=O)NCC(=O)Nc1nc2ccccc2c2c1nc(COCC)n2CC(C)(C)O. The van der Waals surface area contributed by atoms with Crippen molar-refractivity contribution >= 4 is 51.4 Å². The number of aliphatic hydroxyl groups is 1. The molecular weight excluding hydrogens is 686 g/mol. The van der Waals surface area contributed by atoms with Crippen molar-refractivity contribution in [3.63, 3.8) is 0 Å². The maximum absolute atomic E-state index is 12.9. The van der Waals surface area contributed by atoms with Crippen LogP contribution in [0.3, 0.4) is 0 Å². The summed E-state index contributed by atoms with van der Waals surface area (Å²) in [6.45, 7) is 15.0. The van der Waals surface area contributed by atoms with Crippen LogP contribution in [0, 0.1) is 11.3 Å². The molecule has 53 heavy (non-hydrogen) atoms. The Morgan fingerprint density at radius 3 is 2.13 bits per heavy atom. The standard InChI is InChI=1S/C37H57N7O9/c1-8-38-35(48)36(4,5)18-25(3)19-39-30(46)22-52-16-14-51-15-17-53-23-31(47)40-20-29(45)43-34-32-33(26-12-10-11-13-27(26)41-34)44(24-37(6,7)49)28(42-32)21-50-9-2/h10-13,25,49H,8-9,14-24H2,1-7H3,(H,38,48)(H,39,46)(H,40,47)(H,41,43,45). The summed E-state index contributed by atoms with van der Waals surface area (Å²) >= 11 is 0. The smallest absolute Gasteiger partial charge is 0.246 e. The molecule has 0 radical (unpaired) electrons. The van der Waals surface area contributed by atoms with Crippen LogP contribution in [0.2, 0.25) is 0 Å². The van der Waals surface area contributed by atoms with E-state index in [0.717, 1.165) is 5.39 Å². The number of nitrogens with one attached hydrogen (secondary N) is 4. The van der Waals surface area contributed by atoms with E-state index in [1.54, 1.807) is 13.8 Å². The van der Waals surface area contributed by atoms with Gasteiger partial charge in [-0.05, 0) is 46.1 Å². The van der Waals surface area contributed by atoms with Crippen LogP contribution >= 0.6 is 0 Å². The fourth-order valence-corrected chi connectivity index (χ4v) is 5.68. The molecule has 0 aliphatic rings. The molecule has 294 valence electrons. The second kappa shape index (κ2) is 20.9. The molecule has 0 saturated heterocycles. The molecule has 3 rings (SSSR count). The number of imidazole rings is 1. The average Bonchev–Trinajstić information content (AvgIpc) is 3.45. The summed E-state index contributed by atoms with van der Waals surface area (Å²) in [6.07, 6.45) is 0.635. The van der Waals surface area contributed by atoms with Gasteiger partial charge in [-0.15, -0.1) is 0 Å². The van der Waals surface area contributed by atoms with Crippen molar-refractivity contribution in [1.29, 1.82) is 0 Å². The van der Waals surface area contributed by atoms with Gasteiger partial charge < -0.3 is 49.9 Å². The highest BCUT2D eigenvalue weighted by molar-refractivity contribution is 6.10. The minimum atomic E-state index is -1.05. The summed E-state index contributed by atoms with van der Waals surface area (Å²) in [5.74, 6) is -0.316. The molecular formula is C37H57N7O9. The lowest BCUT2D eigenvalue weighted by Crippen LogP contribution is -2.40. The molecule has 4 amide bonds. The lowest BCUT2D eigenvalue weighted by Gasteiger charge is -2.26. The molecule has 2 aromatic heterocycles. The third kappa shape index (κ3) is 14.3. The van der Waals surface area contributed by atoms with Gasteiger partial charge in [-0.3, -0.25) is 19.2 Å². The van der Waals surface area contributed by atoms with Crippen LogP contribution < -0.4 is 21.3 Å². The summed E-state index contributed by atoms with van der Waals surface area (Å²) in [5.41, 5.74) is 0.201. The van der Waals surface area contributed by atoms with Crippen LogP contribution in [-0.2, 0) is 51.3 Å². The van der Waals surface area contributed by atoms with Crippen molar-refractivity contribution < 1.29 is 43.2 Å². The minimum absolute atomic E-state index is 0.00431. The van der Waals surface area contributed by atoms with Crippen LogP contribution in [0.1, 0.15) is 60.7 Å². The van der Waals surface area contributed by atoms with Gasteiger partial charge in [0.1, 0.15) is 31.2 Å². The number of fused-ring (bicyclic) bond motifs is 3. The van der Waals surface area contributed by atoms with Crippen LogP contribution in [0.15, 0.2) is 24.3 Å². The first kappa shape index (κ1) is 43.2. The first-order chi connectivity index (χ1) is 25.1. The van der Waals surface area contributed by atoms with Crippen LogP contribution in [0.25, 0.3) is 21.9 Å². The van der Waals surface area contributed by atoms with Crippen molar-refractivity contribution in [2.24, 2.45) is 11.3 Å². The van der Waals surface area contributed by atoms with Gasteiger partial charge in [-0.1, -0.05) is 39.0 Å². The number of anilines is 1. The minimum Gasteiger partial charge on any atom is -0.389 e. The van der Waals surface area contributed by atoms with Gasteiger partial charge in [0.25, 0.3) is 0 Å². The molecule has 0 spiro atoms. The summed E-state index contributed by atoms with van der Waals surface area (Å²) in [7, 11) is 0. The number of carbonyl (C=O) groups is 4. The lowest BCUT2D eigenvalue weighted by molar-refractivity contribution is -0.130. The maximum Gasteiger partial charge on any atom is 0.246 e. The molecule has 3 aromatic rings. The molecule has 1 atom stereocenters. The van der Waals surface area contributed by atoms with E-state index >= 15 is 0 Å².